The molecule has 0 aliphatic carbocycles. The van der Waals surface area contributed by atoms with Crippen molar-refractivity contribution in [2.75, 3.05) is 32.7 Å². The lowest BCUT2D eigenvalue weighted by molar-refractivity contribution is 0.0797. The van der Waals surface area contributed by atoms with E-state index < -0.39 is 0 Å². The number of hydrogen-bond acceptors (Lipinski definition) is 5. The predicted molar refractivity (Wildman–Crippen MR) is 105 cm³/mol. The van der Waals surface area contributed by atoms with Gasteiger partial charge in [0.05, 0.1) is 4.88 Å². The summed E-state index contributed by atoms with van der Waals surface area (Å²) in [7, 11) is 0. The second kappa shape index (κ2) is 6.87. The molecule has 1 N–H and O–H groups in total. The van der Waals surface area contributed by atoms with Crippen LogP contribution in [0.25, 0.3) is 10.1 Å². The van der Waals surface area contributed by atoms with Gasteiger partial charge in [-0.1, -0.05) is 0 Å². The van der Waals surface area contributed by atoms with Gasteiger partial charge in [0.15, 0.2) is 0 Å². The number of carbonyl (C=O) groups excluding carboxylic acids is 2. The van der Waals surface area contributed by atoms with Crippen LogP contribution in [0.2, 0.25) is 0 Å². The van der Waals surface area contributed by atoms with Crippen LogP contribution >= 0.6 is 11.3 Å². The number of amides is 2. The van der Waals surface area contributed by atoms with Gasteiger partial charge in [0, 0.05) is 48.5 Å². The van der Waals surface area contributed by atoms with E-state index in [-0.39, 0.29) is 17.9 Å². The standard InChI is InChI=1S/C20H24N4O2S/c25-19(22-15-7-13-3-6-23(11-13)12-15)16-9-17-14(10-21-16)8-18(27-17)20(26)24-4-1-2-5-24/h8-10,13,15H,1-7,11-12H2,(H,22,25). The zero-order valence-corrected chi connectivity index (χ0v) is 16.1. The molecule has 2 bridgehead atoms. The van der Waals surface area contributed by atoms with Gasteiger partial charge in [-0.2, -0.15) is 0 Å². The molecule has 3 saturated heterocycles. The van der Waals surface area contributed by atoms with E-state index in [2.05, 4.69) is 15.2 Å². The first-order chi connectivity index (χ1) is 13.2. The highest BCUT2D eigenvalue weighted by atomic mass is 32.1. The molecule has 3 aliphatic rings. The van der Waals surface area contributed by atoms with E-state index in [1.54, 1.807) is 6.20 Å². The number of rotatable bonds is 3. The van der Waals surface area contributed by atoms with E-state index in [1.165, 1.54) is 24.3 Å². The van der Waals surface area contributed by atoms with Gasteiger partial charge in [0.1, 0.15) is 5.69 Å². The Morgan fingerprint density at radius 3 is 2.81 bits per heavy atom. The fourth-order valence-corrected chi connectivity index (χ4v) is 5.70. The van der Waals surface area contributed by atoms with Gasteiger partial charge in [-0.3, -0.25) is 14.6 Å². The van der Waals surface area contributed by atoms with Crippen molar-refractivity contribution in [3.05, 3.63) is 28.9 Å². The van der Waals surface area contributed by atoms with E-state index in [4.69, 9.17) is 0 Å². The monoisotopic (exact) mass is 384 g/mol. The molecule has 0 saturated carbocycles. The predicted octanol–water partition coefficient (Wildman–Crippen LogP) is 2.36. The van der Waals surface area contributed by atoms with Crippen molar-refractivity contribution in [3.63, 3.8) is 0 Å². The van der Waals surface area contributed by atoms with Crippen LogP contribution in [0.4, 0.5) is 0 Å². The van der Waals surface area contributed by atoms with Crippen molar-refractivity contribution in [3.8, 4) is 0 Å². The Labute approximate surface area is 162 Å². The number of nitrogens with one attached hydrogen (secondary N) is 1. The first-order valence-electron chi connectivity index (χ1n) is 9.88. The molecule has 0 spiro atoms. The lowest BCUT2D eigenvalue weighted by Crippen LogP contribution is -2.47. The molecule has 3 fully saturated rings. The molecule has 142 valence electrons. The summed E-state index contributed by atoms with van der Waals surface area (Å²) in [5.74, 6) is 0.715. The molecule has 5 heterocycles. The first kappa shape index (κ1) is 17.1. The molecular formula is C20H24N4O2S. The molecule has 5 rings (SSSR count). The van der Waals surface area contributed by atoms with Gasteiger partial charge in [-0.05, 0) is 50.3 Å². The van der Waals surface area contributed by atoms with Crippen LogP contribution in [0, 0.1) is 5.92 Å². The zero-order chi connectivity index (χ0) is 18.4. The van der Waals surface area contributed by atoms with Gasteiger partial charge in [0.2, 0.25) is 0 Å². The molecule has 3 atom stereocenters. The van der Waals surface area contributed by atoms with Crippen molar-refractivity contribution in [2.45, 2.75) is 31.7 Å². The molecule has 3 unspecified atom stereocenters. The Kier molecular flexibility index (Phi) is 4.36. The van der Waals surface area contributed by atoms with Crippen LogP contribution in [0.15, 0.2) is 18.3 Å². The minimum absolute atomic E-state index is 0.103. The maximum atomic E-state index is 12.7. The van der Waals surface area contributed by atoms with Gasteiger partial charge < -0.3 is 15.1 Å². The highest BCUT2D eigenvalue weighted by Crippen LogP contribution is 2.29. The molecule has 27 heavy (non-hydrogen) atoms. The smallest absolute Gasteiger partial charge is 0.270 e. The lowest BCUT2D eigenvalue weighted by Gasteiger charge is -2.30. The van der Waals surface area contributed by atoms with Gasteiger partial charge >= 0.3 is 0 Å². The fourth-order valence-electron chi connectivity index (χ4n) is 4.66. The SMILES string of the molecule is O=C(NC1CC2CCN(C2)C1)c1cc2sc(C(=O)N3CCCC3)cc2cn1. The molecule has 2 amide bonds. The summed E-state index contributed by atoms with van der Waals surface area (Å²) in [5, 5.41) is 4.09. The number of nitrogens with zero attached hydrogens (tertiary/aromatic N) is 3. The maximum Gasteiger partial charge on any atom is 0.270 e. The summed E-state index contributed by atoms with van der Waals surface area (Å²) < 4.78 is 0.949. The van der Waals surface area contributed by atoms with Crippen molar-refractivity contribution < 1.29 is 9.59 Å². The van der Waals surface area contributed by atoms with Crippen molar-refractivity contribution in [2.24, 2.45) is 5.92 Å². The molecule has 0 radical (unpaired) electrons. The first-order valence-corrected chi connectivity index (χ1v) is 10.7. The summed E-state index contributed by atoms with van der Waals surface area (Å²) >= 11 is 1.46. The second-order valence-corrected chi connectivity index (χ2v) is 9.12. The van der Waals surface area contributed by atoms with Crippen LogP contribution in [-0.4, -0.2) is 65.4 Å². The van der Waals surface area contributed by atoms with Crippen molar-refractivity contribution in [1.29, 1.82) is 0 Å². The van der Waals surface area contributed by atoms with Gasteiger partial charge in [0.25, 0.3) is 11.8 Å². The third-order valence-corrected chi connectivity index (χ3v) is 7.13. The van der Waals surface area contributed by atoms with E-state index in [1.807, 2.05) is 17.0 Å². The van der Waals surface area contributed by atoms with Crippen LogP contribution in [0.5, 0.6) is 0 Å². The van der Waals surface area contributed by atoms with E-state index in [0.717, 1.165) is 66.3 Å². The number of pyridine rings is 1. The Hall–Kier alpha value is -1.99. The Morgan fingerprint density at radius 2 is 2.00 bits per heavy atom. The summed E-state index contributed by atoms with van der Waals surface area (Å²) in [6.45, 7) is 4.97. The zero-order valence-electron chi connectivity index (χ0n) is 15.3. The maximum absolute atomic E-state index is 12.7. The average molecular weight is 385 g/mol. The normalized spacial score (nSPS) is 27.3. The second-order valence-electron chi connectivity index (χ2n) is 8.04. The highest BCUT2D eigenvalue weighted by molar-refractivity contribution is 7.20. The van der Waals surface area contributed by atoms with Crippen molar-refractivity contribution >= 4 is 33.2 Å². The molecule has 2 aromatic heterocycles. The molecule has 2 aromatic rings. The van der Waals surface area contributed by atoms with Gasteiger partial charge in [-0.15, -0.1) is 11.3 Å². The van der Waals surface area contributed by atoms with Crippen molar-refractivity contribution in [1.82, 2.24) is 20.1 Å². The summed E-state index contributed by atoms with van der Waals surface area (Å²) in [6.07, 6.45) is 6.21. The number of aromatic nitrogens is 1. The van der Waals surface area contributed by atoms with E-state index in [0.29, 0.717) is 5.69 Å². The molecule has 7 heteroatoms. The number of likely N-dealkylation sites (tertiary alicyclic amines) is 1. The lowest BCUT2D eigenvalue weighted by atomic mass is 9.97. The van der Waals surface area contributed by atoms with E-state index in [9.17, 15) is 9.59 Å². The number of carbonyl (C=O) groups is 2. The molecule has 6 nitrogen and oxygen atoms in total. The highest BCUT2D eigenvalue weighted by Gasteiger charge is 2.33. The Bertz CT molecular complexity index is 877. The van der Waals surface area contributed by atoms with Gasteiger partial charge in [-0.25, -0.2) is 0 Å². The van der Waals surface area contributed by atoms with Crippen LogP contribution in [0.3, 0.4) is 0 Å². The average Bonchev–Trinajstić information content (AvgIpc) is 3.40. The van der Waals surface area contributed by atoms with E-state index >= 15 is 0 Å². The fraction of sp³-hybridized carbons (Fsp3) is 0.550. The number of fused-ring (bicyclic) bond motifs is 3. The minimum Gasteiger partial charge on any atom is -0.347 e. The third kappa shape index (κ3) is 3.34. The summed E-state index contributed by atoms with van der Waals surface area (Å²) in [6, 6.07) is 3.95. The molecular weight excluding hydrogens is 360 g/mol. The van der Waals surface area contributed by atoms with Crippen LogP contribution in [-0.2, 0) is 0 Å². The largest absolute Gasteiger partial charge is 0.347 e. The third-order valence-electron chi connectivity index (χ3n) is 6.04. The molecule has 0 aromatic carbocycles. The number of hydrogen-bond donors (Lipinski definition) is 1. The minimum atomic E-state index is -0.106. The topological polar surface area (TPSA) is 65.5 Å². The van der Waals surface area contributed by atoms with Crippen LogP contribution in [0.1, 0.15) is 45.8 Å². The quantitative estimate of drug-likeness (QED) is 0.882. The Balaban J connectivity index is 1.31. The van der Waals surface area contributed by atoms with Crippen LogP contribution < -0.4 is 5.32 Å². The number of thiophene rings is 1. The summed E-state index contributed by atoms with van der Waals surface area (Å²) in [5.41, 5.74) is 0.442. The number of piperidine rings is 1. The summed E-state index contributed by atoms with van der Waals surface area (Å²) in [4.78, 5) is 34.7. The Morgan fingerprint density at radius 1 is 1.15 bits per heavy atom. The molecule has 3 aliphatic heterocycles.